The third kappa shape index (κ3) is 4.81. The van der Waals surface area contributed by atoms with E-state index < -0.39 is 6.09 Å². The van der Waals surface area contributed by atoms with Crippen LogP contribution in [0, 0.1) is 11.8 Å². The Bertz CT molecular complexity index is 890. The lowest BCUT2D eigenvalue weighted by Gasteiger charge is -2.29. The van der Waals surface area contributed by atoms with Gasteiger partial charge in [-0.05, 0) is 76.1 Å². The number of fused-ring (bicyclic) bond motifs is 1. The average Bonchev–Trinajstić information content (AvgIpc) is 3.44. The molecule has 1 aliphatic heterocycles. The standard InChI is InChI=1S/C23H31N3O3/c1-25(2)15-20-18(7-5-16-3-4-16)8-9-19-21(24-29-22(19)20)10-6-17-11-13-26(14-12-17)23(27)28/h5,7-9,16-17H,3-4,6,10-15H2,1-2H3,(H,27,28)/b7-5-. The summed E-state index contributed by atoms with van der Waals surface area (Å²) in [6.07, 6.45) is 10.2. The number of hydrogen-bond donors (Lipinski definition) is 1. The van der Waals surface area contributed by atoms with Gasteiger partial charge in [-0.25, -0.2) is 4.79 Å². The predicted octanol–water partition coefficient (Wildman–Crippen LogP) is 4.64. The molecule has 1 aromatic heterocycles. The molecule has 1 aromatic carbocycles. The maximum absolute atomic E-state index is 11.1. The van der Waals surface area contributed by atoms with Crippen molar-refractivity contribution in [3.05, 3.63) is 35.0 Å². The maximum Gasteiger partial charge on any atom is 0.407 e. The van der Waals surface area contributed by atoms with Crippen LogP contribution in [0.3, 0.4) is 0 Å². The second-order valence-corrected chi connectivity index (χ2v) is 8.83. The monoisotopic (exact) mass is 397 g/mol. The zero-order valence-corrected chi connectivity index (χ0v) is 17.4. The van der Waals surface area contributed by atoms with Crippen LogP contribution in [-0.2, 0) is 13.0 Å². The Labute approximate surface area is 172 Å². The number of piperidine rings is 1. The van der Waals surface area contributed by atoms with E-state index in [1.165, 1.54) is 28.9 Å². The second kappa shape index (κ2) is 8.57. The van der Waals surface area contributed by atoms with Crippen molar-refractivity contribution in [2.75, 3.05) is 27.2 Å². The molecule has 0 unspecified atom stereocenters. The van der Waals surface area contributed by atoms with Crippen LogP contribution >= 0.6 is 0 Å². The first-order valence-corrected chi connectivity index (χ1v) is 10.7. The van der Waals surface area contributed by atoms with Gasteiger partial charge in [0.1, 0.15) is 0 Å². The quantitative estimate of drug-likeness (QED) is 0.737. The van der Waals surface area contributed by atoms with E-state index >= 15 is 0 Å². The highest BCUT2D eigenvalue weighted by atomic mass is 16.5. The molecule has 1 N–H and O–H groups in total. The van der Waals surface area contributed by atoms with Gasteiger partial charge in [0, 0.05) is 30.6 Å². The molecule has 2 aromatic rings. The number of amides is 1. The number of nitrogens with zero attached hydrogens (tertiary/aromatic N) is 3. The van der Waals surface area contributed by atoms with Crippen molar-refractivity contribution in [2.45, 2.75) is 45.1 Å². The minimum absolute atomic E-state index is 0.555. The van der Waals surface area contributed by atoms with Crippen LogP contribution in [0.2, 0.25) is 0 Å². The highest BCUT2D eigenvalue weighted by Gasteiger charge is 2.23. The van der Waals surface area contributed by atoms with Gasteiger partial charge in [-0.1, -0.05) is 23.4 Å². The zero-order valence-electron chi connectivity index (χ0n) is 17.4. The number of rotatable bonds is 7. The molecule has 6 nitrogen and oxygen atoms in total. The van der Waals surface area contributed by atoms with Gasteiger partial charge in [0.05, 0.1) is 5.69 Å². The lowest BCUT2D eigenvalue weighted by atomic mass is 9.91. The van der Waals surface area contributed by atoms with Gasteiger partial charge in [-0.15, -0.1) is 0 Å². The molecule has 0 atom stereocenters. The fraction of sp³-hybridized carbons (Fsp3) is 0.565. The maximum atomic E-state index is 11.1. The Kier molecular flexibility index (Phi) is 5.90. The first kappa shape index (κ1) is 20.0. The van der Waals surface area contributed by atoms with Crippen LogP contribution in [0.25, 0.3) is 17.0 Å². The van der Waals surface area contributed by atoms with Crippen LogP contribution in [0.1, 0.15) is 48.9 Å². The second-order valence-electron chi connectivity index (χ2n) is 8.83. The lowest BCUT2D eigenvalue weighted by molar-refractivity contribution is 0.123. The van der Waals surface area contributed by atoms with Gasteiger partial charge in [-0.2, -0.15) is 0 Å². The number of carbonyl (C=O) groups is 1. The summed E-state index contributed by atoms with van der Waals surface area (Å²) < 4.78 is 5.84. The van der Waals surface area contributed by atoms with Crippen LogP contribution in [0.15, 0.2) is 22.7 Å². The fourth-order valence-electron chi connectivity index (χ4n) is 4.22. The third-order valence-corrected chi connectivity index (χ3v) is 6.17. The largest absolute Gasteiger partial charge is 0.465 e. The third-order valence-electron chi connectivity index (χ3n) is 6.17. The minimum Gasteiger partial charge on any atom is -0.465 e. The van der Waals surface area contributed by atoms with Gasteiger partial charge in [0.15, 0.2) is 5.58 Å². The molecule has 2 aliphatic rings. The van der Waals surface area contributed by atoms with Crippen molar-refractivity contribution in [2.24, 2.45) is 11.8 Å². The first-order valence-electron chi connectivity index (χ1n) is 10.7. The van der Waals surface area contributed by atoms with Gasteiger partial charge < -0.3 is 19.4 Å². The number of likely N-dealkylation sites (tertiary alicyclic amines) is 1. The molecule has 29 heavy (non-hydrogen) atoms. The zero-order chi connectivity index (χ0) is 20.4. The summed E-state index contributed by atoms with van der Waals surface area (Å²) in [4.78, 5) is 14.8. The van der Waals surface area contributed by atoms with Crippen molar-refractivity contribution < 1.29 is 14.4 Å². The first-order chi connectivity index (χ1) is 14.0. The SMILES string of the molecule is CN(C)Cc1c(/C=C\C2CC2)ccc2c(CCC3CCN(C(=O)O)CC3)noc12. The van der Waals surface area contributed by atoms with E-state index in [-0.39, 0.29) is 0 Å². The summed E-state index contributed by atoms with van der Waals surface area (Å²) in [7, 11) is 4.15. The van der Waals surface area contributed by atoms with E-state index in [0.717, 1.165) is 54.8 Å². The smallest absolute Gasteiger partial charge is 0.407 e. The summed E-state index contributed by atoms with van der Waals surface area (Å²) in [5, 5.41) is 14.6. The van der Waals surface area contributed by atoms with Crippen molar-refractivity contribution in [3.8, 4) is 0 Å². The molecule has 1 saturated heterocycles. The number of benzene rings is 1. The van der Waals surface area contributed by atoms with Crippen LogP contribution in [0.5, 0.6) is 0 Å². The van der Waals surface area contributed by atoms with Crippen molar-refractivity contribution >= 4 is 23.1 Å². The molecule has 1 aliphatic carbocycles. The molecule has 0 spiro atoms. The molecule has 2 heterocycles. The fourth-order valence-corrected chi connectivity index (χ4v) is 4.22. The summed E-state index contributed by atoms with van der Waals surface area (Å²) in [5.41, 5.74) is 4.37. The van der Waals surface area contributed by atoms with Crippen LogP contribution < -0.4 is 0 Å². The van der Waals surface area contributed by atoms with E-state index in [9.17, 15) is 4.79 Å². The lowest BCUT2D eigenvalue weighted by Crippen LogP contribution is -2.37. The Morgan fingerprint density at radius 1 is 1.28 bits per heavy atom. The molecule has 1 saturated carbocycles. The van der Waals surface area contributed by atoms with Crippen LogP contribution in [0.4, 0.5) is 4.79 Å². The molecule has 1 amide bonds. The minimum atomic E-state index is -0.800. The normalized spacial score (nSPS) is 18.4. The molecule has 6 heteroatoms. The summed E-state index contributed by atoms with van der Waals surface area (Å²) in [6.45, 7) is 2.11. The molecule has 0 radical (unpaired) electrons. The van der Waals surface area contributed by atoms with E-state index in [0.29, 0.717) is 19.0 Å². The Morgan fingerprint density at radius 3 is 2.69 bits per heavy atom. The van der Waals surface area contributed by atoms with E-state index in [1.807, 2.05) is 0 Å². The van der Waals surface area contributed by atoms with Gasteiger partial charge >= 0.3 is 6.09 Å². The molecular formula is C23H31N3O3. The van der Waals surface area contributed by atoms with Gasteiger partial charge in [0.25, 0.3) is 0 Å². The average molecular weight is 398 g/mol. The summed E-state index contributed by atoms with van der Waals surface area (Å²) >= 11 is 0. The van der Waals surface area contributed by atoms with Crippen molar-refractivity contribution in [1.29, 1.82) is 0 Å². The predicted molar refractivity (Wildman–Crippen MR) is 114 cm³/mol. The highest BCUT2D eigenvalue weighted by Crippen LogP contribution is 2.33. The van der Waals surface area contributed by atoms with Gasteiger partial charge in [-0.3, -0.25) is 0 Å². The topological polar surface area (TPSA) is 69.8 Å². The van der Waals surface area contributed by atoms with Crippen molar-refractivity contribution in [1.82, 2.24) is 15.0 Å². The molecule has 4 rings (SSSR count). The Morgan fingerprint density at radius 2 is 2.03 bits per heavy atom. The van der Waals surface area contributed by atoms with Crippen LogP contribution in [-0.4, -0.2) is 53.3 Å². The Balaban J connectivity index is 1.48. The Hall–Kier alpha value is -2.34. The van der Waals surface area contributed by atoms with Gasteiger partial charge in [0.2, 0.25) is 0 Å². The molecular weight excluding hydrogens is 366 g/mol. The summed E-state index contributed by atoms with van der Waals surface area (Å²) in [6, 6.07) is 4.35. The van der Waals surface area contributed by atoms with E-state index in [1.54, 1.807) is 0 Å². The van der Waals surface area contributed by atoms with E-state index in [2.05, 4.69) is 48.4 Å². The van der Waals surface area contributed by atoms with Crippen molar-refractivity contribution in [3.63, 3.8) is 0 Å². The molecule has 2 fully saturated rings. The summed E-state index contributed by atoms with van der Waals surface area (Å²) in [5.74, 6) is 1.30. The number of carboxylic acid groups (broad SMARTS) is 1. The molecule has 0 bridgehead atoms. The highest BCUT2D eigenvalue weighted by molar-refractivity contribution is 5.85. The molecule has 156 valence electrons. The number of aromatic nitrogens is 1. The number of aryl methyl sites for hydroxylation is 1. The number of hydrogen-bond acceptors (Lipinski definition) is 4. The number of allylic oxidation sites excluding steroid dienone is 1. The van der Waals surface area contributed by atoms with E-state index in [4.69, 9.17) is 9.63 Å².